The summed E-state index contributed by atoms with van der Waals surface area (Å²) in [6.07, 6.45) is 1.81. The van der Waals surface area contributed by atoms with Crippen LogP contribution in [0, 0.1) is 30.0 Å². The Labute approximate surface area is 271 Å². The summed E-state index contributed by atoms with van der Waals surface area (Å²) in [4.78, 5) is 42.2. The van der Waals surface area contributed by atoms with Crippen LogP contribution in [0.15, 0.2) is 36.9 Å². The van der Waals surface area contributed by atoms with Crippen LogP contribution in [0.5, 0.6) is 0 Å². The molecule has 1 atom stereocenters. The summed E-state index contributed by atoms with van der Waals surface area (Å²) in [5.74, 6) is -1.48. The number of nitrogens with zero attached hydrogens (tertiary/aromatic N) is 6. The summed E-state index contributed by atoms with van der Waals surface area (Å²) < 4.78 is 58.8. The van der Waals surface area contributed by atoms with E-state index in [9.17, 15) is 22.8 Å². The molecule has 1 fully saturated rings. The van der Waals surface area contributed by atoms with Gasteiger partial charge in [0.25, 0.3) is 12.4 Å². The lowest BCUT2D eigenvalue weighted by molar-refractivity contribution is -0.141. The zero-order valence-corrected chi connectivity index (χ0v) is 25.8. The first kappa shape index (κ1) is 35.3. The van der Waals surface area contributed by atoms with Crippen LogP contribution in [0.25, 0.3) is 16.9 Å². The topological polar surface area (TPSA) is 191 Å². The number of imidazole rings is 1. The van der Waals surface area contributed by atoms with Crippen LogP contribution >= 0.6 is 0 Å². The molecule has 3 aromatic heterocycles. The number of amides is 2. The van der Waals surface area contributed by atoms with E-state index < -0.39 is 29.6 Å². The molecule has 1 saturated heterocycles. The van der Waals surface area contributed by atoms with Gasteiger partial charge < -0.3 is 26.4 Å². The van der Waals surface area contributed by atoms with Crippen LogP contribution in [-0.4, -0.2) is 73.2 Å². The molecule has 0 bridgehead atoms. The molecule has 4 heterocycles. The number of aromatic nitrogens is 5. The zero-order valence-electron chi connectivity index (χ0n) is 25.8. The minimum atomic E-state index is -4.78. The van der Waals surface area contributed by atoms with Crippen LogP contribution in [0.2, 0.25) is 0 Å². The number of anilines is 2. The second kappa shape index (κ2) is 15.3. The van der Waals surface area contributed by atoms with Gasteiger partial charge in [0, 0.05) is 42.8 Å². The molecular formula is C30H32F4N10O4. The number of alkyl halides is 3. The van der Waals surface area contributed by atoms with Crippen molar-refractivity contribution >= 4 is 35.4 Å². The molecule has 4 aromatic rings. The number of carbonyl (C=O) groups excluding carboxylic acids is 2. The van der Waals surface area contributed by atoms with Crippen molar-refractivity contribution in [1.29, 1.82) is 5.26 Å². The molecule has 5 rings (SSSR count). The van der Waals surface area contributed by atoms with Crippen LogP contribution < -0.4 is 21.3 Å². The molecule has 254 valence electrons. The number of benzene rings is 1. The van der Waals surface area contributed by atoms with Crippen molar-refractivity contribution < 1.29 is 37.1 Å². The van der Waals surface area contributed by atoms with Crippen LogP contribution in [-0.2, 0) is 22.3 Å². The molecule has 0 spiro atoms. The molecule has 0 unspecified atom stereocenters. The van der Waals surface area contributed by atoms with E-state index in [-0.39, 0.29) is 65.4 Å². The second-order valence-electron chi connectivity index (χ2n) is 10.9. The van der Waals surface area contributed by atoms with E-state index in [1.54, 1.807) is 19.9 Å². The third-order valence-electron chi connectivity index (χ3n) is 7.41. The Morgan fingerprint density at radius 2 is 1.96 bits per heavy atom. The molecule has 0 radical (unpaired) electrons. The second-order valence-corrected chi connectivity index (χ2v) is 10.9. The first-order valence-electron chi connectivity index (χ1n) is 14.7. The van der Waals surface area contributed by atoms with Crippen molar-refractivity contribution in [3.05, 3.63) is 59.6 Å². The maximum atomic E-state index is 15.3. The average Bonchev–Trinajstić information content (AvgIpc) is 3.66. The fourth-order valence-electron chi connectivity index (χ4n) is 5.25. The highest BCUT2D eigenvalue weighted by Gasteiger charge is 2.38. The number of aryl methyl sites for hydroxylation is 1. The zero-order chi connectivity index (χ0) is 35.0. The average molecular weight is 673 g/mol. The monoisotopic (exact) mass is 672 g/mol. The summed E-state index contributed by atoms with van der Waals surface area (Å²) in [5, 5.41) is 31.0. The van der Waals surface area contributed by atoms with Gasteiger partial charge in [0.05, 0.1) is 29.1 Å². The fraction of sp³-hybridized carbons (Fsp3) is 0.367. The van der Waals surface area contributed by atoms with Crippen molar-refractivity contribution in [1.82, 2.24) is 40.1 Å². The molecule has 2 amide bonds. The molecule has 1 aliphatic rings. The van der Waals surface area contributed by atoms with Crippen molar-refractivity contribution in [2.45, 2.75) is 45.5 Å². The quantitative estimate of drug-likeness (QED) is 0.130. The Balaban J connectivity index is 0.00000167. The van der Waals surface area contributed by atoms with Gasteiger partial charge in [-0.25, -0.2) is 14.4 Å². The highest BCUT2D eigenvalue weighted by Crippen LogP contribution is 2.37. The molecule has 5 N–H and O–H groups in total. The van der Waals surface area contributed by atoms with E-state index in [2.05, 4.69) is 36.3 Å². The summed E-state index contributed by atoms with van der Waals surface area (Å²) in [5.41, 5.74) is -0.865. The van der Waals surface area contributed by atoms with Crippen molar-refractivity contribution in [3.63, 3.8) is 0 Å². The van der Waals surface area contributed by atoms with E-state index in [0.29, 0.717) is 5.56 Å². The number of rotatable bonds is 9. The fourth-order valence-corrected chi connectivity index (χ4v) is 5.25. The van der Waals surface area contributed by atoms with Gasteiger partial charge >= 0.3 is 6.18 Å². The summed E-state index contributed by atoms with van der Waals surface area (Å²) in [6, 6.07) is 3.94. The van der Waals surface area contributed by atoms with Gasteiger partial charge in [0.15, 0.2) is 17.2 Å². The predicted octanol–water partition coefficient (Wildman–Crippen LogP) is 3.26. The Bertz CT molecular complexity index is 1800. The van der Waals surface area contributed by atoms with Crippen molar-refractivity contribution in [2.75, 3.05) is 25.0 Å². The number of carbonyl (C=O) groups is 3. The van der Waals surface area contributed by atoms with E-state index in [0.717, 1.165) is 42.9 Å². The molecule has 0 aliphatic carbocycles. The number of hydrogen-bond donors (Lipinski definition) is 5. The van der Waals surface area contributed by atoms with Crippen LogP contribution in [0.1, 0.15) is 41.4 Å². The molecule has 1 aromatic carbocycles. The maximum absolute atomic E-state index is 15.3. The first-order chi connectivity index (χ1) is 22.9. The summed E-state index contributed by atoms with van der Waals surface area (Å²) in [6.45, 7) is 4.40. The van der Waals surface area contributed by atoms with Gasteiger partial charge in [-0.1, -0.05) is 0 Å². The highest BCUT2D eigenvalue weighted by atomic mass is 19.4. The largest absolute Gasteiger partial charge is 0.483 e. The predicted molar refractivity (Wildman–Crippen MR) is 163 cm³/mol. The number of hydrogen-bond acceptors (Lipinski definition) is 9. The summed E-state index contributed by atoms with van der Waals surface area (Å²) in [7, 11) is 0. The number of fused-ring (bicyclic) bond motifs is 1. The lowest BCUT2D eigenvalue weighted by atomic mass is 9.97. The maximum Gasteiger partial charge on any atom is 0.435 e. The molecule has 18 heteroatoms. The number of nitriles is 1. The van der Waals surface area contributed by atoms with Gasteiger partial charge in [0.2, 0.25) is 5.91 Å². The number of nitrogens with one attached hydrogen (secondary N) is 4. The first-order valence-corrected chi connectivity index (χ1v) is 14.7. The Morgan fingerprint density at radius 3 is 2.60 bits per heavy atom. The van der Waals surface area contributed by atoms with E-state index in [1.807, 2.05) is 0 Å². The molecule has 48 heavy (non-hydrogen) atoms. The SMILES string of the molecule is Cc1cc(Nc2nccn3c(-c4cn(CC#N)nc4C(F)(F)F)cnc23)cc(F)c1C(=O)N[C@H](C)CNC(=O)C1CCNCC1.O=CO. The van der Waals surface area contributed by atoms with Gasteiger partial charge in [-0.15, -0.1) is 0 Å². The van der Waals surface area contributed by atoms with E-state index in [4.69, 9.17) is 15.2 Å². The lowest BCUT2D eigenvalue weighted by Gasteiger charge is -2.23. The lowest BCUT2D eigenvalue weighted by Crippen LogP contribution is -2.45. The Kier molecular flexibility index (Phi) is 11.3. The van der Waals surface area contributed by atoms with E-state index >= 15 is 4.39 Å². The normalized spacial score (nSPS) is 13.9. The third kappa shape index (κ3) is 8.22. The number of piperidine rings is 1. The molecule has 14 nitrogen and oxygen atoms in total. The standard InChI is InChI=1S/C29H30F4N10O2.CH2O2/c1-16-11-19(12-21(30)23(16)28(45)39-17(2)13-38-27(44)18-3-6-35-7-4-18)40-25-26-37-14-22(43(26)10-8-36-25)20-15-42(9-5-34)41-24(20)29(31,32)33;2-1-3/h8,10-12,14-15,17-18,35H,3-4,6-7,9,13H2,1-2H3,(H,36,40)(H,38,44)(H,39,45);1H,(H,2,3)/t17-;/m1./s1. The number of halogens is 4. The summed E-state index contributed by atoms with van der Waals surface area (Å²) >= 11 is 0. The van der Waals surface area contributed by atoms with Crippen LogP contribution in [0.3, 0.4) is 0 Å². The Morgan fingerprint density at radius 1 is 1.25 bits per heavy atom. The molecule has 1 aliphatic heterocycles. The third-order valence-corrected chi connectivity index (χ3v) is 7.41. The van der Waals surface area contributed by atoms with Gasteiger partial charge in [-0.3, -0.25) is 23.5 Å². The Hall–Kier alpha value is -5.57. The minimum absolute atomic E-state index is 0.0578. The molecule has 0 saturated carbocycles. The van der Waals surface area contributed by atoms with Crippen molar-refractivity contribution in [3.8, 4) is 17.3 Å². The van der Waals surface area contributed by atoms with Crippen molar-refractivity contribution in [2.24, 2.45) is 5.92 Å². The minimum Gasteiger partial charge on any atom is -0.483 e. The molecular weight excluding hydrogens is 640 g/mol. The highest BCUT2D eigenvalue weighted by molar-refractivity contribution is 5.96. The van der Waals surface area contributed by atoms with Gasteiger partial charge in [0.1, 0.15) is 12.4 Å². The number of carboxylic acid groups (broad SMARTS) is 1. The van der Waals surface area contributed by atoms with Gasteiger partial charge in [-0.2, -0.15) is 23.5 Å². The smallest absolute Gasteiger partial charge is 0.435 e. The van der Waals surface area contributed by atoms with Gasteiger partial charge in [-0.05, 0) is 57.5 Å². The van der Waals surface area contributed by atoms with Crippen LogP contribution in [0.4, 0.5) is 29.1 Å². The van der Waals surface area contributed by atoms with E-state index in [1.165, 1.54) is 29.1 Å².